The Morgan fingerprint density at radius 2 is 1.06 bits per heavy atom. The number of unbranched alkanes of at least 4 members (excludes halogenated alkanes) is 5. The molecular formula is C30H32N2O4. The molecule has 4 rings (SSSR count). The zero-order valence-corrected chi connectivity index (χ0v) is 20.5. The van der Waals surface area contributed by atoms with Gasteiger partial charge in [0.05, 0.1) is 12.1 Å². The molecule has 6 heteroatoms. The van der Waals surface area contributed by atoms with Gasteiger partial charge >= 0.3 is 12.2 Å². The van der Waals surface area contributed by atoms with Crippen molar-refractivity contribution in [3.8, 4) is 23.9 Å². The van der Waals surface area contributed by atoms with Crippen LogP contribution < -0.4 is 0 Å². The summed E-state index contributed by atoms with van der Waals surface area (Å²) >= 11 is 0. The van der Waals surface area contributed by atoms with E-state index in [1.807, 2.05) is 36.4 Å². The molecule has 0 bridgehead atoms. The van der Waals surface area contributed by atoms with Crippen molar-refractivity contribution >= 4 is 12.2 Å². The highest BCUT2D eigenvalue weighted by Gasteiger charge is 2.32. The normalized spacial score (nSPS) is 18.7. The van der Waals surface area contributed by atoms with E-state index in [1.54, 1.807) is 0 Å². The summed E-state index contributed by atoms with van der Waals surface area (Å²) in [5, 5.41) is 0. The average Bonchev–Trinajstić information content (AvgIpc) is 3.42. The summed E-state index contributed by atoms with van der Waals surface area (Å²) < 4.78 is 10.4. The van der Waals surface area contributed by atoms with Crippen LogP contribution in [-0.2, 0) is 22.3 Å². The Morgan fingerprint density at radius 3 is 1.47 bits per heavy atom. The number of hydrogen-bond donors (Lipinski definition) is 0. The van der Waals surface area contributed by atoms with Crippen molar-refractivity contribution in [2.45, 2.75) is 63.5 Å². The van der Waals surface area contributed by atoms with Crippen molar-refractivity contribution in [3.05, 3.63) is 71.8 Å². The molecule has 2 aliphatic heterocycles. The van der Waals surface area contributed by atoms with Crippen molar-refractivity contribution in [1.29, 1.82) is 0 Å². The maximum Gasteiger partial charge on any atom is 0.422 e. The van der Waals surface area contributed by atoms with Gasteiger partial charge in [0.15, 0.2) is 0 Å². The lowest BCUT2D eigenvalue weighted by Gasteiger charge is -2.14. The summed E-state index contributed by atoms with van der Waals surface area (Å²) in [6.45, 7) is 0.761. The number of amides is 2. The van der Waals surface area contributed by atoms with Crippen LogP contribution in [0.1, 0.15) is 49.7 Å². The highest BCUT2D eigenvalue weighted by Crippen LogP contribution is 2.17. The Morgan fingerprint density at radius 1 is 0.639 bits per heavy atom. The predicted octanol–water partition coefficient (Wildman–Crippen LogP) is 5.38. The van der Waals surface area contributed by atoms with Crippen LogP contribution >= 0.6 is 0 Å². The Bertz CT molecular complexity index is 1040. The number of rotatable bonds is 9. The lowest BCUT2D eigenvalue weighted by atomic mass is 10.1. The van der Waals surface area contributed by atoms with Crippen LogP contribution in [0.3, 0.4) is 0 Å². The van der Waals surface area contributed by atoms with Gasteiger partial charge in [-0.25, -0.2) is 19.4 Å². The molecule has 0 aliphatic carbocycles. The number of cyclic esters (lactones) is 2. The topological polar surface area (TPSA) is 59.1 Å². The maximum absolute atomic E-state index is 12.0. The molecule has 2 heterocycles. The molecule has 2 aromatic rings. The summed E-state index contributed by atoms with van der Waals surface area (Å²) in [4.78, 5) is 27.1. The lowest BCUT2D eigenvalue weighted by Crippen LogP contribution is -2.30. The van der Waals surface area contributed by atoms with Gasteiger partial charge in [-0.05, 0) is 36.8 Å². The third kappa shape index (κ3) is 7.30. The van der Waals surface area contributed by atoms with E-state index in [0.717, 1.165) is 51.4 Å². The van der Waals surface area contributed by atoms with Crippen LogP contribution in [-0.4, -0.2) is 47.3 Å². The second-order valence-corrected chi connectivity index (χ2v) is 9.07. The number of nitrogens with zero attached hydrogens (tertiary/aromatic N) is 2. The van der Waals surface area contributed by atoms with Gasteiger partial charge in [-0.3, -0.25) is 0 Å². The van der Waals surface area contributed by atoms with Crippen LogP contribution in [0.5, 0.6) is 0 Å². The zero-order chi connectivity index (χ0) is 25.0. The SMILES string of the molecule is O=C1OC[C@@H](Cc2ccccc2)N1C#CCCCCCCC#CN1C(=O)OC[C@H]1Cc1ccccc1. The molecule has 2 saturated heterocycles. The van der Waals surface area contributed by atoms with Gasteiger partial charge in [0.2, 0.25) is 0 Å². The van der Waals surface area contributed by atoms with Gasteiger partial charge in [-0.15, -0.1) is 0 Å². The molecule has 0 N–H and O–H groups in total. The number of carbonyl (C=O) groups is 2. The van der Waals surface area contributed by atoms with Crippen LogP contribution in [0.4, 0.5) is 9.59 Å². The first-order chi connectivity index (χ1) is 17.7. The van der Waals surface area contributed by atoms with Crippen molar-refractivity contribution in [3.63, 3.8) is 0 Å². The van der Waals surface area contributed by atoms with E-state index in [4.69, 9.17) is 9.47 Å². The van der Waals surface area contributed by atoms with Crippen molar-refractivity contribution in [2.75, 3.05) is 13.2 Å². The third-order valence-electron chi connectivity index (χ3n) is 6.30. The Balaban J connectivity index is 1.12. The predicted molar refractivity (Wildman–Crippen MR) is 137 cm³/mol. The van der Waals surface area contributed by atoms with Crippen molar-refractivity contribution < 1.29 is 19.1 Å². The van der Waals surface area contributed by atoms with Gasteiger partial charge in [0.1, 0.15) is 13.2 Å². The second kappa shape index (κ2) is 13.3. The molecule has 0 unspecified atom stereocenters. The van der Waals surface area contributed by atoms with E-state index in [-0.39, 0.29) is 24.3 Å². The minimum absolute atomic E-state index is 0.0360. The first kappa shape index (κ1) is 25.2. The number of carbonyl (C=O) groups excluding carboxylic acids is 2. The largest absolute Gasteiger partial charge is 0.446 e. The van der Waals surface area contributed by atoms with E-state index in [1.165, 1.54) is 20.9 Å². The number of ether oxygens (including phenoxy) is 2. The van der Waals surface area contributed by atoms with Gasteiger partial charge < -0.3 is 9.47 Å². The van der Waals surface area contributed by atoms with E-state index < -0.39 is 0 Å². The van der Waals surface area contributed by atoms with Crippen molar-refractivity contribution in [1.82, 2.24) is 9.80 Å². The smallest absolute Gasteiger partial charge is 0.422 e. The highest BCUT2D eigenvalue weighted by molar-refractivity contribution is 5.73. The van der Waals surface area contributed by atoms with Crippen molar-refractivity contribution in [2.24, 2.45) is 0 Å². The Labute approximate surface area is 213 Å². The van der Waals surface area contributed by atoms with Gasteiger partial charge in [-0.2, -0.15) is 0 Å². The molecule has 2 aliphatic rings. The molecule has 2 atom stereocenters. The number of benzene rings is 2. The molecule has 2 aromatic carbocycles. The lowest BCUT2D eigenvalue weighted by molar-refractivity contribution is 0.166. The Hall–Kier alpha value is -3.90. The quantitative estimate of drug-likeness (QED) is 0.354. The summed E-state index contributed by atoms with van der Waals surface area (Å²) in [6, 6.07) is 26.1. The standard InChI is InChI=1S/C30H32N2O4/c33-29-31(27(23-35-29)21-25-15-9-7-10-16-25)19-13-5-3-1-2-4-6-14-20-32-28(24-36-30(32)34)22-26-17-11-8-12-18-26/h7-12,15-18,27-28H,1-6,21-24H2/t27-,28-/m1/s1. The van der Waals surface area contributed by atoms with Crippen LogP contribution in [0.25, 0.3) is 0 Å². The highest BCUT2D eigenvalue weighted by atomic mass is 16.6. The first-order valence-electron chi connectivity index (χ1n) is 12.7. The van der Waals surface area contributed by atoms with Crippen LogP contribution in [0.2, 0.25) is 0 Å². The number of hydrogen-bond acceptors (Lipinski definition) is 4. The van der Waals surface area contributed by atoms with Crippen LogP contribution in [0, 0.1) is 23.9 Å². The minimum atomic E-state index is -0.352. The summed E-state index contributed by atoms with van der Waals surface area (Å²) in [7, 11) is 0. The molecule has 2 amide bonds. The second-order valence-electron chi connectivity index (χ2n) is 9.07. The monoisotopic (exact) mass is 484 g/mol. The fourth-order valence-corrected chi connectivity index (χ4v) is 4.33. The molecule has 186 valence electrons. The summed E-state index contributed by atoms with van der Waals surface area (Å²) in [5.41, 5.74) is 2.34. The third-order valence-corrected chi connectivity index (χ3v) is 6.30. The van der Waals surface area contributed by atoms with E-state index in [0.29, 0.717) is 13.2 Å². The molecule has 0 saturated carbocycles. The molecule has 36 heavy (non-hydrogen) atoms. The fourth-order valence-electron chi connectivity index (χ4n) is 4.33. The van der Waals surface area contributed by atoms with E-state index >= 15 is 0 Å². The van der Waals surface area contributed by atoms with Crippen LogP contribution in [0.15, 0.2) is 60.7 Å². The molecule has 0 aromatic heterocycles. The van der Waals surface area contributed by atoms with Gasteiger partial charge in [0.25, 0.3) is 0 Å². The van der Waals surface area contributed by atoms with Gasteiger partial charge in [0, 0.05) is 24.9 Å². The van der Waals surface area contributed by atoms with E-state index in [9.17, 15) is 9.59 Å². The summed E-state index contributed by atoms with van der Waals surface area (Å²) in [6.07, 6.45) is 6.32. The van der Waals surface area contributed by atoms with E-state index in [2.05, 4.69) is 48.2 Å². The van der Waals surface area contributed by atoms with Gasteiger partial charge in [-0.1, -0.05) is 85.3 Å². The average molecular weight is 485 g/mol. The molecule has 0 spiro atoms. The molecule has 0 radical (unpaired) electrons. The Kier molecular flexibility index (Phi) is 9.28. The minimum Gasteiger partial charge on any atom is -0.446 e. The summed E-state index contributed by atoms with van der Waals surface area (Å²) in [5.74, 6) is 6.26. The first-order valence-corrected chi connectivity index (χ1v) is 12.7. The molecule has 6 nitrogen and oxygen atoms in total. The molecule has 2 fully saturated rings. The maximum atomic E-state index is 12.0. The fraction of sp³-hybridized carbons (Fsp3) is 0.400. The molecular weight excluding hydrogens is 452 g/mol. The zero-order valence-electron chi connectivity index (χ0n) is 20.5.